The van der Waals surface area contributed by atoms with Crippen LogP contribution in [0.1, 0.15) is 41.9 Å². The fourth-order valence-corrected chi connectivity index (χ4v) is 4.80. The van der Waals surface area contributed by atoms with E-state index >= 15 is 0 Å². The Labute approximate surface area is 190 Å². The van der Waals surface area contributed by atoms with Crippen molar-refractivity contribution in [3.63, 3.8) is 0 Å². The van der Waals surface area contributed by atoms with Gasteiger partial charge in [0.1, 0.15) is 24.5 Å². The molecule has 2 aromatic heterocycles. The van der Waals surface area contributed by atoms with E-state index in [0.29, 0.717) is 31.1 Å². The lowest BCUT2D eigenvalue weighted by atomic mass is 9.94. The Balaban J connectivity index is 1.34. The third kappa shape index (κ3) is 4.22. The van der Waals surface area contributed by atoms with Crippen molar-refractivity contribution in [1.29, 1.82) is 0 Å². The summed E-state index contributed by atoms with van der Waals surface area (Å²) >= 11 is 0. The van der Waals surface area contributed by atoms with Crippen molar-refractivity contribution in [1.82, 2.24) is 24.5 Å². The van der Waals surface area contributed by atoms with Gasteiger partial charge in [0.25, 0.3) is 0 Å². The number of ether oxygens (including phenoxy) is 2. The normalized spacial score (nSPS) is 18.1. The van der Waals surface area contributed by atoms with Gasteiger partial charge in [0.05, 0.1) is 6.61 Å². The number of aromatic nitrogens is 4. The summed E-state index contributed by atoms with van der Waals surface area (Å²) in [6.45, 7) is 2.37. The van der Waals surface area contributed by atoms with Crippen LogP contribution < -0.4 is 10.1 Å². The van der Waals surface area contributed by atoms with Crippen LogP contribution in [0.4, 0.5) is 10.3 Å². The molecule has 0 bridgehead atoms. The number of carbonyl (C=O) groups excluding carboxylic acids is 1. The van der Waals surface area contributed by atoms with Crippen molar-refractivity contribution < 1.29 is 18.7 Å². The minimum atomic E-state index is -0.255. The van der Waals surface area contributed by atoms with Gasteiger partial charge in [0, 0.05) is 56.1 Å². The van der Waals surface area contributed by atoms with E-state index in [9.17, 15) is 9.18 Å². The van der Waals surface area contributed by atoms with E-state index < -0.39 is 0 Å². The predicted molar refractivity (Wildman–Crippen MR) is 119 cm³/mol. The van der Waals surface area contributed by atoms with E-state index in [0.717, 1.165) is 48.3 Å². The molecule has 5 rings (SSSR count). The summed E-state index contributed by atoms with van der Waals surface area (Å²) in [5, 5.41) is 11.7. The Hall–Kier alpha value is -3.27. The van der Waals surface area contributed by atoms with Gasteiger partial charge in [-0.25, -0.2) is 9.37 Å². The molecule has 33 heavy (non-hydrogen) atoms. The average Bonchev–Trinajstić information content (AvgIpc) is 3.43. The van der Waals surface area contributed by atoms with E-state index in [1.807, 2.05) is 15.5 Å². The summed E-state index contributed by atoms with van der Waals surface area (Å²) in [7, 11) is 1.54. The van der Waals surface area contributed by atoms with Gasteiger partial charge in [0.15, 0.2) is 5.65 Å². The zero-order valence-corrected chi connectivity index (χ0v) is 18.6. The standard InChI is InChI=1S/C23H27FN6O3/c1-32-13-21(31)29-8-2-3-15(6-9-29)17-11-25-23(30-14-27-28-22(17)30)26-12-18-16-7-10-33-20(16)5-4-19(18)24/h4-5,11,14-15H,2-3,6-10,12-13H2,1H3,(H,25,26). The maximum absolute atomic E-state index is 14.5. The van der Waals surface area contributed by atoms with Crippen LogP contribution in [0.15, 0.2) is 24.7 Å². The zero-order chi connectivity index (χ0) is 22.8. The van der Waals surface area contributed by atoms with Crippen LogP contribution in [0, 0.1) is 5.82 Å². The van der Waals surface area contributed by atoms with Crippen LogP contribution >= 0.6 is 0 Å². The first-order valence-electron chi connectivity index (χ1n) is 11.3. The Morgan fingerprint density at radius 2 is 2.24 bits per heavy atom. The van der Waals surface area contributed by atoms with Gasteiger partial charge in [-0.2, -0.15) is 0 Å². The molecular formula is C23H27FN6O3. The number of fused-ring (bicyclic) bond motifs is 2. The summed E-state index contributed by atoms with van der Waals surface area (Å²) in [6, 6.07) is 3.13. The van der Waals surface area contributed by atoms with Crippen LogP contribution in [0.2, 0.25) is 0 Å². The van der Waals surface area contributed by atoms with Crippen molar-refractivity contribution in [2.75, 3.05) is 38.7 Å². The quantitative estimate of drug-likeness (QED) is 0.612. The molecule has 10 heteroatoms. The maximum atomic E-state index is 14.5. The predicted octanol–water partition coefficient (Wildman–Crippen LogP) is 2.55. The smallest absolute Gasteiger partial charge is 0.248 e. The summed E-state index contributed by atoms with van der Waals surface area (Å²) in [4.78, 5) is 18.7. The van der Waals surface area contributed by atoms with Crippen molar-refractivity contribution in [3.8, 4) is 5.75 Å². The highest BCUT2D eigenvalue weighted by atomic mass is 19.1. The number of halogens is 1. The molecule has 4 heterocycles. The molecule has 0 spiro atoms. The number of methoxy groups -OCH3 is 1. The molecule has 1 N–H and O–H groups in total. The Bertz CT molecular complexity index is 1170. The molecule has 1 saturated heterocycles. The summed E-state index contributed by atoms with van der Waals surface area (Å²) in [5.41, 5.74) is 3.25. The number of hydrogen-bond acceptors (Lipinski definition) is 7. The molecule has 1 atom stereocenters. The van der Waals surface area contributed by atoms with Crippen molar-refractivity contribution in [2.45, 2.75) is 38.1 Å². The summed E-state index contributed by atoms with van der Waals surface area (Å²) < 4.78 is 26.9. The summed E-state index contributed by atoms with van der Waals surface area (Å²) in [5.74, 6) is 1.30. The second-order valence-electron chi connectivity index (χ2n) is 8.46. The lowest BCUT2D eigenvalue weighted by molar-refractivity contribution is -0.135. The number of amides is 1. The van der Waals surface area contributed by atoms with Gasteiger partial charge in [0.2, 0.25) is 11.9 Å². The first-order valence-corrected chi connectivity index (χ1v) is 11.3. The number of nitrogens with zero attached hydrogens (tertiary/aromatic N) is 5. The first kappa shape index (κ1) is 21.6. The average molecular weight is 455 g/mol. The van der Waals surface area contributed by atoms with Gasteiger partial charge >= 0.3 is 0 Å². The molecule has 9 nitrogen and oxygen atoms in total. The molecule has 1 fully saturated rings. The highest BCUT2D eigenvalue weighted by Gasteiger charge is 2.25. The molecule has 0 radical (unpaired) electrons. The SMILES string of the molecule is COCC(=O)N1CCCC(c2cnc(NCc3c(F)ccc4c3CCO4)n3cnnc23)CC1. The van der Waals surface area contributed by atoms with E-state index in [-0.39, 0.29) is 30.8 Å². The van der Waals surface area contributed by atoms with E-state index in [4.69, 9.17) is 9.47 Å². The molecular weight excluding hydrogens is 427 g/mol. The van der Waals surface area contributed by atoms with Crippen LogP contribution in [0.3, 0.4) is 0 Å². The number of likely N-dealkylation sites (tertiary alicyclic amines) is 1. The minimum Gasteiger partial charge on any atom is -0.493 e. The molecule has 1 amide bonds. The van der Waals surface area contributed by atoms with E-state index in [1.54, 1.807) is 12.4 Å². The van der Waals surface area contributed by atoms with Crippen LogP contribution in [0.25, 0.3) is 5.65 Å². The second kappa shape index (κ2) is 9.30. The van der Waals surface area contributed by atoms with E-state index in [1.165, 1.54) is 13.2 Å². The van der Waals surface area contributed by atoms with Crippen LogP contribution in [-0.2, 0) is 22.5 Å². The van der Waals surface area contributed by atoms with Gasteiger partial charge in [-0.1, -0.05) is 0 Å². The molecule has 2 aliphatic heterocycles. The largest absolute Gasteiger partial charge is 0.493 e. The summed E-state index contributed by atoms with van der Waals surface area (Å²) in [6.07, 6.45) is 6.82. The topological polar surface area (TPSA) is 93.9 Å². The van der Waals surface area contributed by atoms with Crippen LogP contribution in [-0.4, -0.2) is 63.8 Å². The minimum absolute atomic E-state index is 0.0217. The molecule has 3 aromatic rings. The fourth-order valence-electron chi connectivity index (χ4n) is 4.80. The Morgan fingerprint density at radius 3 is 3.12 bits per heavy atom. The van der Waals surface area contributed by atoms with Crippen molar-refractivity contribution >= 4 is 17.5 Å². The molecule has 1 unspecified atom stereocenters. The fraction of sp³-hybridized carbons (Fsp3) is 0.478. The van der Waals surface area contributed by atoms with Crippen LogP contribution in [0.5, 0.6) is 5.75 Å². The zero-order valence-electron chi connectivity index (χ0n) is 18.6. The lowest BCUT2D eigenvalue weighted by Gasteiger charge is -2.20. The molecule has 1 aromatic carbocycles. The Kier molecular flexibility index (Phi) is 6.08. The number of benzene rings is 1. The van der Waals surface area contributed by atoms with E-state index in [2.05, 4.69) is 20.5 Å². The molecule has 2 aliphatic rings. The maximum Gasteiger partial charge on any atom is 0.248 e. The van der Waals surface area contributed by atoms with Gasteiger partial charge in [-0.3, -0.25) is 9.20 Å². The number of carbonyl (C=O) groups is 1. The number of nitrogens with one attached hydrogen (secondary N) is 1. The van der Waals surface area contributed by atoms with Gasteiger partial charge < -0.3 is 19.7 Å². The number of hydrogen-bond donors (Lipinski definition) is 1. The molecule has 174 valence electrons. The van der Waals surface area contributed by atoms with Gasteiger partial charge in [-0.15, -0.1) is 10.2 Å². The highest BCUT2D eigenvalue weighted by molar-refractivity contribution is 5.77. The highest BCUT2D eigenvalue weighted by Crippen LogP contribution is 2.32. The van der Waals surface area contributed by atoms with Gasteiger partial charge in [-0.05, 0) is 37.3 Å². The monoisotopic (exact) mass is 454 g/mol. The van der Waals surface area contributed by atoms with Crippen molar-refractivity contribution in [2.24, 2.45) is 0 Å². The number of anilines is 1. The molecule has 0 aliphatic carbocycles. The second-order valence-corrected chi connectivity index (χ2v) is 8.46. The third-order valence-electron chi connectivity index (χ3n) is 6.51. The Morgan fingerprint density at radius 1 is 1.33 bits per heavy atom. The lowest BCUT2D eigenvalue weighted by Crippen LogP contribution is -2.34. The number of rotatable bonds is 6. The van der Waals surface area contributed by atoms with Crippen molar-refractivity contribution in [3.05, 3.63) is 47.2 Å². The first-order chi connectivity index (χ1) is 16.2. The molecule has 0 saturated carbocycles. The third-order valence-corrected chi connectivity index (χ3v) is 6.51.